The van der Waals surface area contributed by atoms with Crippen LogP contribution in [0.1, 0.15) is 52.0 Å². The van der Waals surface area contributed by atoms with Crippen LogP contribution in [0.2, 0.25) is 0 Å². The highest BCUT2D eigenvalue weighted by Crippen LogP contribution is 2.51. The van der Waals surface area contributed by atoms with E-state index in [1.807, 2.05) is 0 Å². The molecule has 0 radical (unpaired) electrons. The molecule has 1 N–H and O–H groups in total. The summed E-state index contributed by atoms with van der Waals surface area (Å²) < 4.78 is 0. The van der Waals surface area contributed by atoms with E-state index in [9.17, 15) is 0 Å². The summed E-state index contributed by atoms with van der Waals surface area (Å²) in [4.78, 5) is 0. The van der Waals surface area contributed by atoms with Gasteiger partial charge < -0.3 is 5.32 Å². The molecule has 1 nitrogen and oxygen atoms in total. The monoisotopic (exact) mass is 259 g/mol. The molecule has 1 aromatic rings. The maximum atomic E-state index is 3.57. The van der Waals surface area contributed by atoms with Crippen LogP contribution in [0.5, 0.6) is 0 Å². The van der Waals surface area contributed by atoms with Crippen molar-refractivity contribution in [1.29, 1.82) is 0 Å². The van der Waals surface area contributed by atoms with Gasteiger partial charge in [0.1, 0.15) is 0 Å². The second-order valence-corrected chi connectivity index (χ2v) is 7.31. The Balaban J connectivity index is 1.94. The maximum absolute atomic E-state index is 3.57. The van der Waals surface area contributed by atoms with Crippen molar-refractivity contribution in [1.82, 2.24) is 5.32 Å². The van der Waals surface area contributed by atoms with Crippen molar-refractivity contribution in [2.75, 3.05) is 7.05 Å². The maximum Gasteiger partial charge on any atom is 0.0101 e. The molecular formula is C18H29N. The molecule has 1 saturated carbocycles. The van der Waals surface area contributed by atoms with Crippen LogP contribution in [-0.4, -0.2) is 13.1 Å². The molecule has 1 aliphatic carbocycles. The summed E-state index contributed by atoms with van der Waals surface area (Å²) in [5, 5.41) is 3.57. The highest BCUT2D eigenvalue weighted by Gasteiger charge is 2.43. The van der Waals surface area contributed by atoms with Crippen molar-refractivity contribution in [3.63, 3.8) is 0 Å². The Morgan fingerprint density at radius 2 is 1.84 bits per heavy atom. The van der Waals surface area contributed by atoms with E-state index in [1.165, 1.54) is 18.4 Å². The molecule has 0 aliphatic heterocycles. The van der Waals surface area contributed by atoms with Crippen LogP contribution < -0.4 is 5.32 Å². The van der Waals surface area contributed by atoms with Gasteiger partial charge in [-0.1, -0.05) is 58.0 Å². The van der Waals surface area contributed by atoms with Gasteiger partial charge in [0.25, 0.3) is 0 Å². The third-order valence-corrected chi connectivity index (χ3v) is 5.04. The Morgan fingerprint density at radius 3 is 2.37 bits per heavy atom. The quantitative estimate of drug-likeness (QED) is 0.823. The average Bonchev–Trinajstić information content (AvgIpc) is 3.15. The molecule has 0 saturated heterocycles. The normalized spacial score (nSPS) is 25.9. The van der Waals surface area contributed by atoms with Gasteiger partial charge in [0.2, 0.25) is 0 Å². The molecular weight excluding hydrogens is 230 g/mol. The van der Waals surface area contributed by atoms with Crippen molar-refractivity contribution in [3.8, 4) is 0 Å². The molecule has 1 heteroatoms. The van der Waals surface area contributed by atoms with Gasteiger partial charge in [0.05, 0.1) is 0 Å². The van der Waals surface area contributed by atoms with Gasteiger partial charge >= 0.3 is 0 Å². The lowest BCUT2D eigenvalue weighted by atomic mass is 9.77. The zero-order valence-corrected chi connectivity index (χ0v) is 13.1. The van der Waals surface area contributed by atoms with E-state index < -0.39 is 0 Å². The van der Waals surface area contributed by atoms with Crippen LogP contribution in [0.15, 0.2) is 30.3 Å². The van der Waals surface area contributed by atoms with E-state index in [-0.39, 0.29) is 0 Å². The van der Waals surface area contributed by atoms with Crippen molar-refractivity contribution in [3.05, 3.63) is 35.9 Å². The van der Waals surface area contributed by atoms with Crippen LogP contribution in [0.25, 0.3) is 0 Å². The average molecular weight is 259 g/mol. The summed E-state index contributed by atoms with van der Waals surface area (Å²) in [6, 6.07) is 11.7. The van der Waals surface area contributed by atoms with Crippen molar-refractivity contribution < 1.29 is 0 Å². The first-order valence-corrected chi connectivity index (χ1v) is 7.65. The Hall–Kier alpha value is -0.820. The second kappa shape index (κ2) is 5.66. The van der Waals surface area contributed by atoms with Crippen LogP contribution in [-0.2, 0) is 0 Å². The lowest BCUT2D eigenvalue weighted by molar-refractivity contribution is 0.217. The molecule has 0 amide bonds. The summed E-state index contributed by atoms with van der Waals surface area (Å²) in [5.41, 5.74) is 1.93. The topological polar surface area (TPSA) is 12.0 Å². The molecule has 106 valence electrons. The third-order valence-electron chi connectivity index (χ3n) is 5.04. The van der Waals surface area contributed by atoms with Gasteiger partial charge in [0.15, 0.2) is 0 Å². The van der Waals surface area contributed by atoms with E-state index in [0.717, 1.165) is 17.8 Å². The fraction of sp³-hybridized carbons (Fsp3) is 0.667. The molecule has 19 heavy (non-hydrogen) atoms. The Bertz CT molecular complexity index is 390. The first-order chi connectivity index (χ1) is 8.93. The van der Waals surface area contributed by atoms with Crippen LogP contribution in [0, 0.1) is 17.3 Å². The van der Waals surface area contributed by atoms with Crippen LogP contribution in [0.3, 0.4) is 0 Å². The van der Waals surface area contributed by atoms with E-state index in [0.29, 0.717) is 11.5 Å². The van der Waals surface area contributed by atoms with Gasteiger partial charge in [-0.05, 0) is 48.6 Å². The predicted octanol–water partition coefficient (Wildman–Crippen LogP) is 4.45. The number of hydrogen-bond acceptors (Lipinski definition) is 1. The fourth-order valence-corrected chi connectivity index (χ4v) is 2.98. The van der Waals surface area contributed by atoms with E-state index in [1.54, 1.807) is 0 Å². The van der Waals surface area contributed by atoms with Crippen molar-refractivity contribution in [2.45, 2.75) is 52.5 Å². The van der Waals surface area contributed by atoms with Gasteiger partial charge in [-0.2, -0.15) is 0 Å². The number of rotatable bonds is 5. The molecule has 0 bridgehead atoms. The van der Waals surface area contributed by atoms with E-state index >= 15 is 0 Å². The van der Waals surface area contributed by atoms with Crippen molar-refractivity contribution in [2.24, 2.45) is 17.3 Å². The molecule has 0 aromatic heterocycles. The minimum Gasteiger partial charge on any atom is -0.317 e. The molecule has 0 spiro atoms. The van der Waals surface area contributed by atoms with Gasteiger partial charge in [-0.15, -0.1) is 0 Å². The zero-order valence-electron chi connectivity index (χ0n) is 13.1. The van der Waals surface area contributed by atoms with Crippen LogP contribution in [0.4, 0.5) is 0 Å². The molecule has 1 aliphatic rings. The minimum atomic E-state index is 0.409. The molecule has 4 unspecified atom stereocenters. The summed E-state index contributed by atoms with van der Waals surface area (Å²) in [5.74, 6) is 2.37. The smallest absolute Gasteiger partial charge is 0.0101 e. The highest BCUT2D eigenvalue weighted by molar-refractivity contribution is 5.26. The highest BCUT2D eigenvalue weighted by atomic mass is 14.9. The molecule has 1 fully saturated rings. The largest absolute Gasteiger partial charge is 0.317 e. The Labute approximate surface area is 118 Å². The fourth-order valence-electron chi connectivity index (χ4n) is 2.98. The zero-order chi connectivity index (χ0) is 14.0. The first-order valence-electron chi connectivity index (χ1n) is 7.65. The molecule has 4 atom stereocenters. The number of benzene rings is 1. The number of hydrogen-bond donors (Lipinski definition) is 1. The van der Waals surface area contributed by atoms with E-state index in [2.05, 4.69) is 70.4 Å². The van der Waals surface area contributed by atoms with Crippen LogP contribution >= 0.6 is 0 Å². The lowest BCUT2D eigenvalue weighted by Gasteiger charge is -2.31. The summed E-state index contributed by atoms with van der Waals surface area (Å²) in [6.07, 6.45) is 2.64. The Kier molecular flexibility index (Phi) is 4.35. The third kappa shape index (κ3) is 3.60. The lowest BCUT2D eigenvalue weighted by Crippen LogP contribution is -2.33. The minimum absolute atomic E-state index is 0.409. The standard InChI is InChI=1S/C18H29N/c1-13(18(2,3)4)11-17(19-5)16-12-15(16)14-9-7-6-8-10-14/h6-10,13,15-17,19H,11-12H2,1-5H3. The summed E-state index contributed by atoms with van der Waals surface area (Å²) in [7, 11) is 2.13. The first kappa shape index (κ1) is 14.6. The Morgan fingerprint density at radius 1 is 1.21 bits per heavy atom. The molecule has 2 rings (SSSR count). The SMILES string of the molecule is CNC(CC(C)C(C)(C)C)C1CC1c1ccccc1. The van der Waals surface area contributed by atoms with Gasteiger partial charge in [0, 0.05) is 6.04 Å². The van der Waals surface area contributed by atoms with Gasteiger partial charge in [-0.25, -0.2) is 0 Å². The molecule has 0 heterocycles. The summed E-state index contributed by atoms with van der Waals surface area (Å²) in [6.45, 7) is 9.45. The summed E-state index contributed by atoms with van der Waals surface area (Å²) >= 11 is 0. The predicted molar refractivity (Wildman–Crippen MR) is 83.4 cm³/mol. The molecule has 1 aromatic carbocycles. The van der Waals surface area contributed by atoms with E-state index in [4.69, 9.17) is 0 Å². The van der Waals surface area contributed by atoms with Gasteiger partial charge in [-0.3, -0.25) is 0 Å². The number of nitrogens with one attached hydrogen (secondary N) is 1. The van der Waals surface area contributed by atoms with Crippen molar-refractivity contribution >= 4 is 0 Å². The second-order valence-electron chi connectivity index (χ2n) is 7.31.